The molecule has 0 unspecified atom stereocenters. The smallest absolute Gasteiger partial charge is 0.182 e. The summed E-state index contributed by atoms with van der Waals surface area (Å²) in [6.07, 6.45) is 3.74. The van der Waals surface area contributed by atoms with Crippen LogP contribution in [0.25, 0.3) is 0 Å². The van der Waals surface area contributed by atoms with Crippen LogP contribution in [0.2, 0.25) is 5.02 Å². The van der Waals surface area contributed by atoms with Gasteiger partial charge in [0.05, 0.1) is 6.54 Å². The molecule has 1 aromatic heterocycles. The second kappa shape index (κ2) is 4.32. The van der Waals surface area contributed by atoms with Gasteiger partial charge in [0.1, 0.15) is 0 Å². The SMILES string of the molecule is O=C(Cn1cccc1)c1ccc(Cl)cc1. The first-order valence-electron chi connectivity index (χ1n) is 4.65. The molecule has 1 heterocycles. The third-order valence-electron chi connectivity index (χ3n) is 2.16. The van der Waals surface area contributed by atoms with Gasteiger partial charge in [-0.15, -0.1) is 0 Å². The van der Waals surface area contributed by atoms with Crippen molar-refractivity contribution in [3.8, 4) is 0 Å². The predicted octanol–water partition coefficient (Wildman–Crippen LogP) is 3.02. The van der Waals surface area contributed by atoms with Crippen LogP contribution in [-0.4, -0.2) is 10.4 Å². The van der Waals surface area contributed by atoms with E-state index in [9.17, 15) is 4.79 Å². The molecule has 2 aromatic rings. The van der Waals surface area contributed by atoms with Crippen molar-refractivity contribution in [1.82, 2.24) is 4.57 Å². The van der Waals surface area contributed by atoms with Gasteiger partial charge in [-0.05, 0) is 36.4 Å². The highest BCUT2D eigenvalue weighted by Gasteiger charge is 2.05. The molecule has 0 N–H and O–H groups in total. The molecule has 3 heteroatoms. The molecule has 0 fully saturated rings. The van der Waals surface area contributed by atoms with Crippen LogP contribution in [0.3, 0.4) is 0 Å². The molecule has 2 rings (SSSR count). The molecule has 0 bridgehead atoms. The van der Waals surface area contributed by atoms with Crippen molar-refractivity contribution in [2.45, 2.75) is 6.54 Å². The standard InChI is InChI=1S/C12H10ClNO/c13-11-5-3-10(4-6-11)12(15)9-14-7-1-2-8-14/h1-8H,9H2. The third-order valence-corrected chi connectivity index (χ3v) is 2.41. The highest BCUT2D eigenvalue weighted by atomic mass is 35.5. The average Bonchev–Trinajstić information content (AvgIpc) is 2.71. The Labute approximate surface area is 93.1 Å². The molecule has 0 aliphatic heterocycles. The lowest BCUT2D eigenvalue weighted by Gasteiger charge is -2.02. The molecule has 2 nitrogen and oxygen atoms in total. The van der Waals surface area contributed by atoms with Crippen LogP contribution in [0.1, 0.15) is 10.4 Å². The zero-order chi connectivity index (χ0) is 10.7. The minimum atomic E-state index is 0.0860. The van der Waals surface area contributed by atoms with Gasteiger partial charge in [0.25, 0.3) is 0 Å². The third kappa shape index (κ3) is 2.48. The summed E-state index contributed by atoms with van der Waals surface area (Å²) in [6.45, 7) is 0.370. The molecule has 0 saturated heterocycles. The topological polar surface area (TPSA) is 22.0 Å². The number of ketones is 1. The number of carbonyl (C=O) groups is 1. The Balaban J connectivity index is 2.11. The van der Waals surface area contributed by atoms with E-state index < -0.39 is 0 Å². The van der Waals surface area contributed by atoms with Crippen LogP contribution in [0.4, 0.5) is 0 Å². The first kappa shape index (κ1) is 9.99. The van der Waals surface area contributed by atoms with Gasteiger partial charge in [-0.25, -0.2) is 0 Å². The second-order valence-electron chi connectivity index (χ2n) is 3.29. The van der Waals surface area contributed by atoms with E-state index >= 15 is 0 Å². The summed E-state index contributed by atoms with van der Waals surface area (Å²) in [5.74, 6) is 0.0860. The van der Waals surface area contributed by atoms with E-state index in [0.717, 1.165) is 0 Å². The van der Waals surface area contributed by atoms with Gasteiger partial charge in [-0.3, -0.25) is 4.79 Å². The number of Topliss-reactive ketones (excluding diaryl/α,β-unsaturated/α-hetero) is 1. The van der Waals surface area contributed by atoms with Crippen LogP contribution >= 0.6 is 11.6 Å². The van der Waals surface area contributed by atoms with E-state index in [1.165, 1.54) is 0 Å². The zero-order valence-electron chi connectivity index (χ0n) is 8.06. The fourth-order valence-corrected chi connectivity index (χ4v) is 1.49. The summed E-state index contributed by atoms with van der Waals surface area (Å²) < 4.78 is 1.84. The highest BCUT2D eigenvalue weighted by molar-refractivity contribution is 6.30. The van der Waals surface area contributed by atoms with E-state index in [2.05, 4.69) is 0 Å². The average molecular weight is 220 g/mol. The van der Waals surface area contributed by atoms with Crippen LogP contribution in [0.15, 0.2) is 48.8 Å². The number of hydrogen-bond donors (Lipinski definition) is 0. The summed E-state index contributed by atoms with van der Waals surface area (Å²) in [7, 11) is 0. The first-order valence-corrected chi connectivity index (χ1v) is 5.03. The minimum absolute atomic E-state index is 0.0860. The van der Waals surface area contributed by atoms with Gasteiger partial charge in [-0.1, -0.05) is 11.6 Å². The highest BCUT2D eigenvalue weighted by Crippen LogP contribution is 2.10. The lowest BCUT2D eigenvalue weighted by molar-refractivity contribution is 0.0972. The van der Waals surface area contributed by atoms with E-state index in [4.69, 9.17) is 11.6 Å². The van der Waals surface area contributed by atoms with Gasteiger partial charge in [0.15, 0.2) is 5.78 Å². The normalized spacial score (nSPS) is 10.2. The number of carbonyl (C=O) groups excluding carboxylic acids is 1. The number of benzene rings is 1. The molecule has 76 valence electrons. The molecular weight excluding hydrogens is 210 g/mol. The van der Waals surface area contributed by atoms with E-state index in [-0.39, 0.29) is 5.78 Å². The predicted molar refractivity (Wildman–Crippen MR) is 60.2 cm³/mol. The monoisotopic (exact) mass is 219 g/mol. The van der Waals surface area contributed by atoms with E-state index in [1.54, 1.807) is 24.3 Å². The Morgan fingerprint density at radius 2 is 1.73 bits per heavy atom. The molecular formula is C12H10ClNO. The van der Waals surface area contributed by atoms with Crippen LogP contribution in [-0.2, 0) is 6.54 Å². The minimum Gasteiger partial charge on any atom is -0.347 e. The van der Waals surface area contributed by atoms with Crippen LogP contribution < -0.4 is 0 Å². The number of rotatable bonds is 3. The summed E-state index contributed by atoms with van der Waals surface area (Å²) in [6, 6.07) is 10.7. The number of halogens is 1. The summed E-state index contributed by atoms with van der Waals surface area (Å²) in [4.78, 5) is 11.8. The van der Waals surface area contributed by atoms with Crippen LogP contribution in [0, 0.1) is 0 Å². The molecule has 0 radical (unpaired) electrons. The van der Waals surface area contributed by atoms with Gasteiger partial charge in [0, 0.05) is 23.0 Å². The van der Waals surface area contributed by atoms with Crippen molar-refractivity contribution in [3.05, 3.63) is 59.4 Å². The Kier molecular flexibility index (Phi) is 2.88. The molecule has 1 aromatic carbocycles. The van der Waals surface area contributed by atoms with Crippen molar-refractivity contribution in [1.29, 1.82) is 0 Å². The summed E-state index contributed by atoms with van der Waals surface area (Å²) in [5.41, 5.74) is 0.688. The van der Waals surface area contributed by atoms with Gasteiger partial charge < -0.3 is 4.57 Å². The molecule has 0 aliphatic rings. The van der Waals surface area contributed by atoms with Crippen molar-refractivity contribution >= 4 is 17.4 Å². The van der Waals surface area contributed by atoms with Crippen molar-refractivity contribution in [2.24, 2.45) is 0 Å². The Hall–Kier alpha value is -1.54. The molecule has 0 aliphatic carbocycles. The largest absolute Gasteiger partial charge is 0.347 e. The quantitative estimate of drug-likeness (QED) is 0.728. The maximum absolute atomic E-state index is 11.8. The van der Waals surface area contributed by atoms with E-state index in [1.807, 2.05) is 29.1 Å². The number of nitrogens with zero attached hydrogens (tertiary/aromatic N) is 1. The number of hydrogen-bond acceptors (Lipinski definition) is 1. The van der Waals surface area contributed by atoms with Crippen molar-refractivity contribution < 1.29 is 4.79 Å². The Bertz CT molecular complexity index is 445. The number of aromatic nitrogens is 1. The molecule has 0 spiro atoms. The van der Waals surface area contributed by atoms with Gasteiger partial charge >= 0.3 is 0 Å². The second-order valence-corrected chi connectivity index (χ2v) is 3.72. The molecule has 15 heavy (non-hydrogen) atoms. The lowest BCUT2D eigenvalue weighted by atomic mass is 10.1. The van der Waals surface area contributed by atoms with Gasteiger partial charge in [-0.2, -0.15) is 0 Å². The van der Waals surface area contributed by atoms with Gasteiger partial charge in [0.2, 0.25) is 0 Å². The maximum Gasteiger partial charge on any atom is 0.182 e. The Morgan fingerprint density at radius 3 is 2.33 bits per heavy atom. The summed E-state index contributed by atoms with van der Waals surface area (Å²) in [5, 5.41) is 0.646. The maximum atomic E-state index is 11.8. The molecule has 0 atom stereocenters. The molecule has 0 saturated carbocycles. The van der Waals surface area contributed by atoms with Crippen LogP contribution in [0.5, 0.6) is 0 Å². The fraction of sp³-hybridized carbons (Fsp3) is 0.0833. The summed E-state index contributed by atoms with van der Waals surface area (Å²) >= 11 is 5.74. The molecule has 0 amide bonds. The fourth-order valence-electron chi connectivity index (χ4n) is 1.37. The lowest BCUT2D eigenvalue weighted by Crippen LogP contribution is -2.08. The Morgan fingerprint density at radius 1 is 1.13 bits per heavy atom. The zero-order valence-corrected chi connectivity index (χ0v) is 8.82. The van der Waals surface area contributed by atoms with E-state index in [0.29, 0.717) is 17.1 Å². The van der Waals surface area contributed by atoms with Crippen molar-refractivity contribution in [2.75, 3.05) is 0 Å². The first-order chi connectivity index (χ1) is 7.25. The van der Waals surface area contributed by atoms with Crippen molar-refractivity contribution in [3.63, 3.8) is 0 Å².